The molecule has 0 aliphatic carbocycles. The smallest absolute Gasteiger partial charge is 0.270 e. The number of carbonyl (C=O) groups is 2. The summed E-state index contributed by atoms with van der Waals surface area (Å²) in [6, 6.07) is 13.6. The van der Waals surface area contributed by atoms with E-state index in [1.165, 1.54) is 20.9 Å². The number of fused-ring (bicyclic) bond motifs is 1. The molecule has 2 aliphatic rings. The Hall–Kier alpha value is -4.51. The van der Waals surface area contributed by atoms with Gasteiger partial charge in [0.15, 0.2) is 4.80 Å². The van der Waals surface area contributed by atoms with E-state index in [1.54, 1.807) is 57.2 Å². The maximum atomic E-state index is 14.2. The summed E-state index contributed by atoms with van der Waals surface area (Å²) < 4.78 is 13.1. The Kier molecular flexibility index (Phi) is 8.13. The van der Waals surface area contributed by atoms with Crippen molar-refractivity contribution in [3.8, 4) is 11.5 Å². The van der Waals surface area contributed by atoms with Gasteiger partial charge in [0.1, 0.15) is 23.5 Å². The lowest BCUT2D eigenvalue weighted by atomic mass is 9.93. The Bertz CT molecular complexity index is 1790. The molecule has 2 amide bonds. The molecule has 42 heavy (non-hydrogen) atoms. The average molecular weight is 588 g/mol. The first-order chi connectivity index (χ1) is 20.2. The predicted octanol–water partition coefficient (Wildman–Crippen LogP) is 3.11. The van der Waals surface area contributed by atoms with E-state index in [0.29, 0.717) is 62.2 Å². The van der Waals surface area contributed by atoms with E-state index >= 15 is 0 Å². The quantitative estimate of drug-likeness (QED) is 0.403. The highest BCUT2D eigenvalue weighted by Crippen LogP contribution is 2.38. The van der Waals surface area contributed by atoms with Crippen LogP contribution in [0.5, 0.6) is 11.5 Å². The van der Waals surface area contributed by atoms with Crippen LogP contribution < -0.4 is 29.4 Å². The van der Waals surface area contributed by atoms with E-state index in [9.17, 15) is 14.4 Å². The number of rotatable bonds is 8. The first-order valence-corrected chi connectivity index (χ1v) is 14.5. The summed E-state index contributed by atoms with van der Waals surface area (Å²) in [7, 11) is 3.10. The number of hydrogen-bond donors (Lipinski definition) is 0. The molecule has 0 saturated heterocycles. The number of amides is 2. The van der Waals surface area contributed by atoms with Gasteiger partial charge >= 0.3 is 0 Å². The Balaban J connectivity index is 1.69. The van der Waals surface area contributed by atoms with E-state index in [-0.39, 0.29) is 17.4 Å². The Morgan fingerprint density at radius 1 is 1.05 bits per heavy atom. The molecule has 5 rings (SSSR count). The van der Waals surface area contributed by atoms with Crippen molar-refractivity contribution in [3.05, 3.63) is 85.1 Å². The van der Waals surface area contributed by atoms with E-state index in [1.807, 2.05) is 44.2 Å². The molecule has 218 valence electrons. The van der Waals surface area contributed by atoms with Gasteiger partial charge in [-0.15, -0.1) is 0 Å². The molecule has 0 fully saturated rings. The second-order valence-electron chi connectivity index (χ2n) is 9.89. The van der Waals surface area contributed by atoms with Gasteiger partial charge in [-0.3, -0.25) is 19.0 Å². The standard InChI is InChI=1S/C31H33N5O5S/c1-7-34(8-2)30(39)26-19(4)32-31-35(27(26)23-16-21(40-5)14-15-24(23)41-6)29(38)25(42-31)17-22-18(3)33-36(28(22)37)20-12-10-9-11-13-20/h9-17,22,27H,7-8H2,1-6H3/b25-17-/t22-,27-/m1/s1. The van der Waals surface area contributed by atoms with Crippen molar-refractivity contribution in [1.82, 2.24) is 9.47 Å². The molecule has 0 saturated carbocycles. The van der Waals surface area contributed by atoms with Crippen molar-refractivity contribution >= 4 is 40.6 Å². The van der Waals surface area contributed by atoms with Crippen LogP contribution >= 0.6 is 11.3 Å². The molecule has 0 N–H and O–H groups in total. The van der Waals surface area contributed by atoms with Crippen LogP contribution in [0.3, 0.4) is 0 Å². The number of para-hydroxylation sites is 1. The lowest BCUT2D eigenvalue weighted by molar-refractivity contribution is -0.127. The maximum absolute atomic E-state index is 14.2. The molecule has 11 heteroatoms. The molecule has 0 spiro atoms. The third kappa shape index (κ3) is 4.94. The van der Waals surface area contributed by atoms with Gasteiger partial charge in [0.25, 0.3) is 17.4 Å². The van der Waals surface area contributed by atoms with Crippen molar-refractivity contribution < 1.29 is 19.1 Å². The molecule has 1 aromatic heterocycles. The van der Waals surface area contributed by atoms with Crippen LogP contribution in [-0.4, -0.2) is 54.3 Å². The van der Waals surface area contributed by atoms with Gasteiger partial charge in [-0.05, 0) is 64.1 Å². The third-order valence-electron chi connectivity index (χ3n) is 7.54. The zero-order valence-corrected chi connectivity index (χ0v) is 25.3. The summed E-state index contributed by atoms with van der Waals surface area (Å²) in [6.07, 6.45) is 1.65. The molecule has 0 bridgehead atoms. The van der Waals surface area contributed by atoms with E-state index in [0.717, 1.165) is 0 Å². The second-order valence-corrected chi connectivity index (χ2v) is 10.9. The Morgan fingerprint density at radius 2 is 1.76 bits per heavy atom. The number of hydrazone groups is 1. The molecular weight excluding hydrogens is 554 g/mol. The number of allylic oxidation sites excluding steroid dienone is 1. The van der Waals surface area contributed by atoms with Gasteiger partial charge in [0.2, 0.25) is 0 Å². The summed E-state index contributed by atoms with van der Waals surface area (Å²) in [4.78, 5) is 48.4. The van der Waals surface area contributed by atoms with Crippen LogP contribution in [0, 0.1) is 5.92 Å². The van der Waals surface area contributed by atoms with Gasteiger partial charge in [0.05, 0.1) is 41.4 Å². The molecule has 2 aromatic carbocycles. The highest BCUT2D eigenvalue weighted by molar-refractivity contribution is 7.07. The number of nitrogens with zero attached hydrogens (tertiary/aromatic N) is 5. The third-order valence-corrected chi connectivity index (χ3v) is 8.54. The topological polar surface area (TPSA) is 106 Å². The monoisotopic (exact) mass is 587 g/mol. The fourth-order valence-electron chi connectivity index (χ4n) is 5.31. The molecule has 0 radical (unpaired) electrons. The summed E-state index contributed by atoms with van der Waals surface area (Å²) in [5, 5.41) is 5.83. The van der Waals surface area contributed by atoms with Crippen LogP contribution in [0.2, 0.25) is 0 Å². The fraction of sp³-hybridized carbons (Fsp3) is 0.323. The highest BCUT2D eigenvalue weighted by atomic mass is 32.1. The molecular formula is C31H33N5O5S. The number of likely N-dealkylation sites (N-methyl/N-ethyl adjacent to an activating group) is 1. The lowest BCUT2D eigenvalue weighted by Gasteiger charge is -2.30. The molecule has 0 unspecified atom stereocenters. The lowest BCUT2D eigenvalue weighted by Crippen LogP contribution is -2.43. The van der Waals surface area contributed by atoms with Crippen molar-refractivity contribution in [1.29, 1.82) is 0 Å². The molecule has 3 heterocycles. The fourth-order valence-corrected chi connectivity index (χ4v) is 6.37. The van der Waals surface area contributed by atoms with Gasteiger partial charge in [-0.25, -0.2) is 4.99 Å². The van der Waals surface area contributed by atoms with Crippen molar-refractivity contribution in [2.24, 2.45) is 16.0 Å². The number of thiazole rings is 1. The van der Waals surface area contributed by atoms with Crippen molar-refractivity contribution in [2.75, 3.05) is 32.3 Å². The van der Waals surface area contributed by atoms with Crippen molar-refractivity contribution in [3.63, 3.8) is 0 Å². The minimum atomic E-state index is -0.823. The number of anilines is 1. The number of benzene rings is 2. The predicted molar refractivity (Wildman–Crippen MR) is 163 cm³/mol. The van der Waals surface area contributed by atoms with Crippen LogP contribution in [0.15, 0.2) is 74.7 Å². The van der Waals surface area contributed by atoms with E-state index in [4.69, 9.17) is 14.5 Å². The number of carbonyl (C=O) groups excluding carboxylic acids is 2. The summed E-state index contributed by atoms with van der Waals surface area (Å²) >= 11 is 1.18. The van der Waals surface area contributed by atoms with E-state index < -0.39 is 12.0 Å². The largest absolute Gasteiger partial charge is 0.497 e. The summed E-state index contributed by atoms with van der Waals surface area (Å²) in [5.74, 6) is -0.111. The zero-order valence-electron chi connectivity index (χ0n) is 24.5. The SMILES string of the molecule is CCN(CC)C(=O)C1=C(C)N=c2s/c(=C\[C@H]3C(=O)N(c4ccccc4)N=C3C)c(=O)n2[C@@H]1c1cc(OC)ccc1OC. The molecule has 2 atom stereocenters. The van der Waals surface area contributed by atoms with Gasteiger partial charge in [-0.2, -0.15) is 10.1 Å². The normalized spacial score (nSPS) is 18.5. The number of aromatic nitrogens is 1. The second kappa shape index (κ2) is 11.8. The summed E-state index contributed by atoms with van der Waals surface area (Å²) in [5.41, 5.74) is 2.37. The average Bonchev–Trinajstić information content (AvgIpc) is 3.46. The molecule has 3 aromatic rings. The maximum Gasteiger partial charge on any atom is 0.270 e. The highest BCUT2D eigenvalue weighted by Gasteiger charge is 2.37. The number of ether oxygens (including phenoxy) is 2. The Morgan fingerprint density at radius 3 is 2.40 bits per heavy atom. The van der Waals surface area contributed by atoms with Crippen LogP contribution in [0.4, 0.5) is 5.69 Å². The zero-order chi connectivity index (χ0) is 30.1. The molecule has 10 nitrogen and oxygen atoms in total. The van der Waals surface area contributed by atoms with Crippen LogP contribution in [0.25, 0.3) is 6.08 Å². The minimum absolute atomic E-state index is 0.210. The van der Waals surface area contributed by atoms with Gasteiger partial charge < -0.3 is 14.4 Å². The number of hydrogen-bond acceptors (Lipinski definition) is 8. The first kappa shape index (κ1) is 29.0. The van der Waals surface area contributed by atoms with Crippen molar-refractivity contribution in [2.45, 2.75) is 33.7 Å². The first-order valence-electron chi connectivity index (χ1n) is 13.7. The van der Waals surface area contributed by atoms with Crippen LogP contribution in [-0.2, 0) is 9.59 Å². The molecule has 2 aliphatic heterocycles. The number of methoxy groups -OCH3 is 2. The Labute approximate surface area is 247 Å². The summed E-state index contributed by atoms with van der Waals surface area (Å²) in [6.45, 7) is 8.37. The van der Waals surface area contributed by atoms with Crippen LogP contribution in [0.1, 0.15) is 39.3 Å². The van der Waals surface area contributed by atoms with Gasteiger partial charge in [0, 0.05) is 18.7 Å². The minimum Gasteiger partial charge on any atom is -0.497 e. The van der Waals surface area contributed by atoms with Gasteiger partial charge in [-0.1, -0.05) is 29.5 Å². The van der Waals surface area contributed by atoms with E-state index in [2.05, 4.69) is 5.10 Å².